The largest absolute Gasteiger partial charge is 0.375 e. The van der Waals surface area contributed by atoms with Gasteiger partial charge < -0.3 is 5.73 Å². The number of thiocarbonyl (C=S) groups is 1. The van der Waals surface area contributed by atoms with Crippen LogP contribution in [0, 0.1) is 10.1 Å². The first kappa shape index (κ1) is 14.6. The highest BCUT2D eigenvalue weighted by Crippen LogP contribution is 2.17. The van der Waals surface area contributed by atoms with E-state index in [9.17, 15) is 10.1 Å². The SMILES string of the molecule is NC(=S)NN=C(c1ccccc1)c1cccc([N+](=O)[O-])c1. The van der Waals surface area contributed by atoms with Crippen LogP contribution in [0.25, 0.3) is 0 Å². The highest BCUT2D eigenvalue weighted by molar-refractivity contribution is 7.80. The molecule has 0 aromatic heterocycles. The molecule has 0 heterocycles. The summed E-state index contributed by atoms with van der Waals surface area (Å²) in [5.41, 5.74) is 9.80. The molecule has 2 aromatic rings. The van der Waals surface area contributed by atoms with Crippen molar-refractivity contribution in [2.24, 2.45) is 10.8 Å². The van der Waals surface area contributed by atoms with E-state index in [1.807, 2.05) is 30.3 Å². The lowest BCUT2D eigenvalue weighted by Crippen LogP contribution is -2.26. The molecule has 21 heavy (non-hydrogen) atoms. The van der Waals surface area contributed by atoms with Crippen molar-refractivity contribution < 1.29 is 4.92 Å². The molecule has 0 radical (unpaired) electrons. The molecule has 2 rings (SSSR count). The molecule has 0 saturated carbocycles. The molecule has 0 amide bonds. The van der Waals surface area contributed by atoms with E-state index in [0.29, 0.717) is 11.3 Å². The van der Waals surface area contributed by atoms with Gasteiger partial charge in [0.1, 0.15) is 0 Å². The number of benzene rings is 2. The molecule has 7 heteroatoms. The van der Waals surface area contributed by atoms with E-state index in [0.717, 1.165) is 5.56 Å². The van der Waals surface area contributed by atoms with Gasteiger partial charge in [-0.05, 0) is 12.2 Å². The number of non-ortho nitro benzene ring substituents is 1. The summed E-state index contributed by atoms with van der Waals surface area (Å²) in [6, 6.07) is 15.5. The maximum absolute atomic E-state index is 10.9. The lowest BCUT2D eigenvalue weighted by atomic mass is 10.0. The fourth-order valence-corrected chi connectivity index (χ4v) is 1.82. The van der Waals surface area contributed by atoms with Crippen molar-refractivity contribution in [3.05, 3.63) is 75.8 Å². The Morgan fingerprint density at radius 1 is 1.14 bits per heavy atom. The second-order valence-electron chi connectivity index (χ2n) is 4.11. The third-order valence-electron chi connectivity index (χ3n) is 2.66. The first-order chi connectivity index (χ1) is 10.1. The third-order valence-corrected chi connectivity index (χ3v) is 2.75. The van der Waals surface area contributed by atoms with Crippen molar-refractivity contribution in [1.82, 2.24) is 5.43 Å². The Bertz CT molecular complexity index is 701. The van der Waals surface area contributed by atoms with Crippen molar-refractivity contribution in [3.8, 4) is 0 Å². The van der Waals surface area contributed by atoms with Crippen LogP contribution in [0.3, 0.4) is 0 Å². The standard InChI is InChI=1S/C14H12N4O2S/c15-14(21)17-16-13(10-5-2-1-3-6-10)11-7-4-8-12(9-11)18(19)20/h1-9H,(H3,15,17,21). The molecule has 2 aromatic carbocycles. The van der Waals surface area contributed by atoms with Gasteiger partial charge in [0.2, 0.25) is 0 Å². The van der Waals surface area contributed by atoms with Crippen molar-refractivity contribution in [2.45, 2.75) is 0 Å². The predicted octanol–water partition coefficient (Wildman–Crippen LogP) is 2.18. The average molecular weight is 300 g/mol. The number of hydrogen-bond donors (Lipinski definition) is 2. The summed E-state index contributed by atoms with van der Waals surface area (Å²) in [5.74, 6) is 0. The van der Waals surface area contributed by atoms with Gasteiger partial charge in [0, 0.05) is 23.3 Å². The second kappa shape index (κ2) is 6.58. The molecule has 0 spiro atoms. The lowest BCUT2D eigenvalue weighted by molar-refractivity contribution is -0.384. The molecule has 0 aliphatic carbocycles. The summed E-state index contributed by atoms with van der Waals surface area (Å²) >= 11 is 4.73. The third kappa shape index (κ3) is 3.83. The van der Waals surface area contributed by atoms with Crippen LogP contribution in [0.15, 0.2) is 59.7 Å². The summed E-state index contributed by atoms with van der Waals surface area (Å²) in [5, 5.41) is 15.1. The molecule has 0 bridgehead atoms. The van der Waals surface area contributed by atoms with Gasteiger partial charge in [0.15, 0.2) is 5.11 Å². The smallest absolute Gasteiger partial charge is 0.270 e. The Labute approximate surface area is 126 Å². The fraction of sp³-hybridized carbons (Fsp3) is 0. The van der Waals surface area contributed by atoms with Crippen LogP contribution in [-0.4, -0.2) is 15.7 Å². The Balaban J connectivity index is 2.50. The maximum Gasteiger partial charge on any atom is 0.270 e. The van der Waals surface area contributed by atoms with Crippen molar-refractivity contribution in [3.63, 3.8) is 0 Å². The first-order valence-electron chi connectivity index (χ1n) is 6.01. The first-order valence-corrected chi connectivity index (χ1v) is 6.42. The highest BCUT2D eigenvalue weighted by atomic mass is 32.1. The minimum Gasteiger partial charge on any atom is -0.375 e. The fourth-order valence-electron chi connectivity index (χ4n) is 1.77. The van der Waals surface area contributed by atoms with Crippen LogP contribution < -0.4 is 11.2 Å². The van der Waals surface area contributed by atoms with Crippen LogP contribution in [0.1, 0.15) is 11.1 Å². The van der Waals surface area contributed by atoms with Gasteiger partial charge in [0.05, 0.1) is 10.6 Å². The molecule has 0 atom stereocenters. The minimum atomic E-state index is -0.451. The van der Waals surface area contributed by atoms with E-state index >= 15 is 0 Å². The van der Waals surface area contributed by atoms with E-state index < -0.39 is 4.92 Å². The zero-order chi connectivity index (χ0) is 15.2. The number of nitro benzene ring substituents is 1. The number of rotatable bonds is 4. The number of nitrogens with zero attached hydrogens (tertiary/aromatic N) is 2. The van der Waals surface area contributed by atoms with Gasteiger partial charge in [0.25, 0.3) is 5.69 Å². The Hall–Kier alpha value is -2.80. The Kier molecular flexibility index (Phi) is 4.57. The summed E-state index contributed by atoms with van der Waals surface area (Å²) in [4.78, 5) is 10.4. The van der Waals surface area contributed by atoms with E-state index in [2.05, 4.69) is 10.5 Å². The van der Waals surface area contributed by atoms with Crippen LogP contribution in [0.2, 0.25) is 0 Å². The van der Waals surface area contributed by atoms with Crippen LogP contribution in [0.5, 0.6) is 0 Å². The summed E-state index contributed by atoms with van der Waals surface area (Å²) in [6.45, 7) is 0. The van der Waals surface area contributed by atoms with Gasteiger partial charge in [-0.2, -0.15) is 5.10 Å². The summed E-state index contributed by atoms with van der Waals surface area (Å²) in [6.07, 6.45) is 0. The van der Waals surface area contributed by atoms with Gasteiger partial charge in [-0.3, -0.25) is 15.5 Å². The summed E-state index contributed by atoms with van der Waals surface area (Å²) in [7, 11) is 0. The van der Waals surface area contributed by atoms with Crippen LogP contribution >= 0.6 is 12.2 Å². The van der Waals surface area contributed by atoms with Gasteiger partial charge in [-0.15, -0.1) is 0 Å². The number of nitrogens with two attached hydrogens (primary N) is 1. The zero-order valence-corrected chi connectivity index (χ0v) is 11.7. The maximum atomic E-state index is 10.9. The number of nitro groups is 1. The summed E-state index contributed by atoms with van der Waals surface area (Å²) < 4.78 is 0. The van der Waals surface area contributed by atoms with E-state index in [1.54, 1.807) is 12.1 Å². The Morgan fingerprint density at radius 3 is 2.43 bits per heavy atom. The normalized spacial score (nSPS) is 11.0. The number of nitrogens with one attached hydrogen (secondary N) is 1. The molecule has 0 saturated heterocycles. The topological polar surface area (TPSA) is 93.5 Å². The molecular weight excluding hydrogens is 288 g/mol. The molecule has 0 aliphatic rings. The molecular formula is C14H12N4O2S. The molecule has 6 nitrogen and oxygen atoms in total. The molecule has 0 aliphatic heterocycles. The minimum absolute atomic E-state index is 0.00791. The zero-order valence-electron chi connectivity index (χ0n) is 10.9. The van der Waals surface area contributed by atoms with Gasteiger partial charge in [-0.1, -0.05) is 42.5 Å². The van der Waals surface area contributed by atoms with Gasteiger partial charge >= 0.3 is 0 Å². The molecule has 3 N–H and O–H groups in total. The van der Waals surface area contributed by atoms with E-state index in [4.69, 9.17) is 18.0 Å². The number of hydrazone groups is 1. The second-order valence-corrected chi connectivity index (χ2v) is 4.55. The molecule has 0 unspecified atom stereocenters. The average Bonchev–Trinajstić information content (AvgIpc) is 2.48. The molecule has 0 fully saturated rings. The lowest BCUT2D eigenvalue weighted by Gasteiger charge is -2.07. The monoisotopic (exact) mass is 300 g/mol. The molecule has 106 valence electrons. The quantitative estimate of drug-likeness (QED) is 0.391. The Morgan fingerprint density at radius 2 is 1.81 bits per heavy atom. The van der Waals surface area contributed by atoms with Crippen molar-refractivity contribution in [2.75, 3.05) is 0 Å². The van der Waals surface area contributed by atoms with Crippen molar-refractivity contribution in [1.29, 1.82) is 0 Å². The van der Waals surface area contributed by atoms with Crippen LogP contribution in [-0.2, 0) is 0 Å². The predicted molar refractivity (Wildman–Crippen MR) is 85.1 cm³/mol. The van der Waals surface area contributed by atoms with Crippen LogP contribution in [0.4, 0.5) is 5.69 Å². The van der Waals surface area contributed by atoms with E-state index in [-0.39, 0.29) is 10.8 Å². The van der Waals surface area contributed by atoms with E-state index in [1.165, 1.54) is 12.1 Å². The van der Waals surface area contributed by atoms with Crippen molar-refractivity contribution >= 4 is 28.7 Å². The number of hydrogen-bond acceptors (Lipinski definition) is 4. The van der Waals surface area contributed by atoms with Gasteiger partial charge in [-0.25, -0.2) is 0 Å². The highest BCUT2D eigenvalue weighted by Gasteiger charge is 2.12.